The van der Waals surface area contributed by atoms with Gasteiger partial charge in [0.15, 0.2) is 0 Å². The van der Waals surface area contributed by atoms with Crippen LogP contribution in [-0.4, -0.2) is 23.3 Å². The van der Waals surface area contributed by atoms with Crippen LogP contribution in [0, 0.1) is 0 Å². The minimum Gasteiger partial charge on any atom is -0.350 e. The Kier molecular flexibility index (Phi) is 3.23. The zero-order chi connectivity index (χ0) is 12.3. The number of fused-ring (bicyclic) bond motifs is 1. The van der Waals surface area contributed by atoms with E-state index < -0.39 is 5.91 Å². The van der Waals surface area contributed by atoms with Crippen molar-refractivity contribution in [2.24, 2.45) is 7.05 Å². The average molecular weight is 230 g/mol. The molecular weight excluding hydrogens is 216 g/mol. The van der Waals surface area contributed by atoms with Gasteiger partial charge in [0.2, 0.25) is 6.29 Å². The number of benzene rings is 1. The number of hydrogen-bond acceptors (Lipinski definition) is 2. The molecule has 1 heterocycles. The molecule has 17 heavy (non-hydrogen) atoms. The summed E-state index contributed by atoms with van der Waals surface area (Å²) in [4.78, 5) is 20.9. The van der Waals surface area contributed by atoms with Crippen molar-refractivity contribution >= 4 is 23.1 Å². The maximum atomic E-state index is 10.8. The highest BCUT2D eigenvalue weighted by Crippen LogP contribution is 2.20. The van der Waals surface area contributed by atoms with Crippen molar-refractivity contribution in [1.29, 1.82) is 0 Å². The lowest BCUT2D eigenvalue weighted by atomic mass is 10.1. The summed E-state index contributed by atoms with van der Waals surface area (Å²) < 4.78 is 2.06. The van der Waals surface area contributed by atoms with Crippen LogP contribution in [0.4, 0.5) is 0 Å². The quantitative estimate of drug-likeness (QED) is 0.630. The van der Waals surface area contributed by atoms with Gasteiger partial charge in [-0.3, -0.25) is 9.59 Å². The molecule has 1 N–H and O–H groups in total. The molecule has 0 saturated heterocycles. The molecular formula is C13H14N2O2. The van der Waals surface area contributed by atoms with E-state index in [9.17, 15) is 9.59 Å². The van der Waals surface area contributed by atoms with Gasteiger partial charge in [0.05, 0.1) is 0 Å². The fourth-order valence-corrected chi connectivity index (χ4v) is 1.99. The molecule has 1 aromatic heterocycles. The van der Waals surface area contributed by atoms with Crippen LogP contribution in [0.3, 0.4) is 0 Å². The van der Waals surface area contributed by atoms with Gasteiger partial charge in [-0.2, -0.15) is 0 Å². The molecule has 4 heteroatoms. The van der Waals surface area contributed by atoms with E-state index in [1.807, 2.05) is 19.2 Å². The second-order valence-electron chi connectivity index (χ2n) is 3.94. The molecule has 0 fully saturated rings. The van der Waals surface area contributed by atoms with Crippen LogP contribution in [0.25, 0.3) is 10.9 Å². The van der Waals surface area contributed by atoms with Gasteiger partial charge in [-0.15, -0.1) is 0 Å². The van der Waals surface area contributed by atoms with Crippen LogP contribution in [0.5, 0.6) is 0 Å². The molecule has 0 aliphatic carbocycles. The number of nitrogens with one attached hydrogen (secondary N) is 1. The largest absolute Gasteiger partial charge is 0.350 e. The van der Waals surface area contributed by atoms with Crippen molar-refractivity contribution in [3.05, 3.63) is 36.0 Å². The third-order valence-corrected chi connectivity index (χ3v) is 2.78. The minimum atomic E-state index is -0.565. The molecule has 0 saturated carbocycles. The van der Waals surface area contributed by atoms with E-state index in [0.717, 1.165) is 6.42 Å². The van der Waals surface area contributed by atoms with E-state index in [1.54, 1.807) is 0 Å². The van der Waals surface area contributed by atoms with Crippen molar-refractivity contribution in [3.8, 4) is 0 Å². The van der Waals surface area contributed by atoms with Crippen LogP contribution in [0.15, 0.2) is 30.5 Å². The second kappa shape index (κ2) is 4.82. The highest BCUT2D eigenvalue weighted by molar-refractivity contribution is 6.23. The Morgan fingerprint density at radius 1 is 1.41 bits per heavy atom. The van der Waals surface area contributed by atoms with Gasteiger partial charge in [-0.25, -0.2) is 0 Å². The van der Waals surface area contributed by atoms with Crippen molar-refractivity contribution < 1.29 is 9.59 Å². The first-order valence-corrected chi connectivity index (χ1v) is 5.48. The standard InChI is InChI=1S/C13H14N2O2/c1-15-8-10(6-7-14-13(17)9-16)11-4-2-3-5-12(11)15/h2-5,8-9H,6-7H2,1H3,(H,14,17). The monoisotopic (exact) mass is 230 g/mol. The first kappa shape index (κ1) is 11.4. The third kappa shape index (κ3) is 2.36. The van der Waals surface area contributed by atoms with Gasteiger partial charge in [0.25, 0.3) is 5.91 Å². The first-order chi connectivity index (χ1) is 8.22. The number of aromatic nitrogens is 1. The first-order valence-electron chi connectivity index (χ1n) is 5.48. The maximum Gasteiger partial charge on any atom is 0.284 e. The topological polar surface area (TPSA) is 51.1 Å². The van der Waals surface area contributed by atoms with Gasteiger partial charge in [0.1, 0.15) is 0 Å². The van der Waals surface area contributed by atoms with Gasteiger partial charge >= 0.3 is 0 Å². The summed E-state index contributed by atoms with van der Waals surface area (Å²) in [5, 5.41) is 3.73. The summed E-state index contributed by atoms with van der Waals surface area (Å²) >= 11 is 0. The van der Waals surface area contributed by atoms with E-state index >= 15 is 0 Å². The lowest BCUT2D eigenvalue weighted by Gasteiger charge is -2.00. The molecule has 4 nitrogen and oxygen atoms in total. The molecule has 0 bridgehead atoms. The van der Waals surface area contributed by atoms with Gasteiger partial charge < -0.3 is 9.88 Å². The summed E-state index contributed by atoms with van der Waals surface area (Å²) in [6.45, 7) is 0.478. The fraction of sp³-hybridized carbons (Fsp3) is 0.231. The van der Waals surface area contributed by atoms with Crippen LogP contribution in [0.2, 0.25) is 0 Å². The van der Waals surface area contributed by atoms with E-state index in [-0.39, 0.29) is 0 Å². The fourth-order valence-electron chi connectivity index (χ4n) is 1.99. The number of nitrogens with zero attached hydrogens (tertiary/aromatic N) is 1. The maximum absolute atomic E-state index is 10.8. The van der Waals surface area contributed by atoms with E-state index in [2.05, 4.69) is 28.2 Å². The Morgan fingerprint density at radius 3 is 2.94 bits per heavy atom. The van der Waals surface area contributed by atoms with Gasteiger partial charge in [-0.1, -0.05) is 18.2 Å². The molecule has 0 aliphatic rings. The van der Waals surface area contributed by atoms with Crippen molar-refractivity contribution in [2.75, 3.05) is 6.54 Å². The Balaban J connectivity index is 2.14. The number of aldehydes is 1. The molecule has 0 radical (unpaired) electrons. The predicted molar refractivity (Wildman–Crippen MR) is 65.7 cm³/mol. The van der Waals surface area contributed by atoms with Crippen molar-refractivity contribution in [1.82, 2.24) is 9.88 Å². The summed E-state index contributed by atoms with van der Waals surface area (Å²) in [7, 11) is 2.00. The molecule has 0 aliphatic heterocycles. The Labute approximate surface area is 99.2 Å². The molecule has 2 aromatic rings. The van der Waals surface area contributed by atoms with E-state index in [0.29, 0.717) is 12.8 Å². The van der Waals surface area contributed by atoms with E-state index in [1.165, 1.54) is 16.5 Å². The summed E-state index contributed by atoms with van der Waals surface area (Å²) in [6.07, 6.45) is 3.07. The van der Waals surface area contributed by atoms with Gasteiger partial charge in [-0.05, 0) is 18.1 Å². The zero-order valence-electron chi connectivity index (χ0n) is 9.64. The Hall–Kier alpha value is -2.10. The summed E-state index contributed by atoms with van der Waals surface area (Å²) in [5.74, 6) is -0.565. The second-order valence-corrected chi connectivity index (χ2v) is 3.94. The number of aryl methyl sites for hydroxylation is 1. The minimum absolute atomic E-state index is 0.295. The van der Waals surface area contributed by atoms with Crippen LogP contribution < -0.4 is 5.32 Å². The number of carbonyl (C=O) groups is 2. The van der Waals surface area contributed by atoms with Crippen LogP contribution in [0.1, 0.15) is 5.56 Å². The van der Waals surface area contributed by atoms with Crippen LogP contribution >= 0.6 is 0 Å². The Morgan fingerprint density at radius 2 is 2.18 bits per heavy atom. The average Bonchev–Trinajstić information content (AvgIpc) is 2.67. The highest BCUT2D eigenvalue weighted by atomic mass is 16.2. The predicted octanol–water partition coefficient (Wildman–Crippen LogP) is 1.04. The lowest BCUT2D eigenvalue weighted by molar-refractivity contribution is -0.131. The normalized spacial score (nSPS) is 10.4. The number of hydrogen-bond donors (Lipinski definition) is 1. The molecule has 0 unspecified atom stereocenters. The number of para-hydroxylation sites is 1. The molecule has 2 rings (SSSR count). The summed E-state index contributed by atoms with van der Waals surface area (Å²) in [5.41, 5.74) is 2.35. The molecule has 0 spiro atoms. The van der Waals surface area contributed by atoms with E-state index in [4.69, 9.17) is 0 Å². The molecule has 1 aromatic carbocycles. The third-order valence-electron chi connectivity index (χ3n) is 2.78. The van der Waals surface area contributed by atoms with Crippen LogP contribution in [-0.2, 0) is 23.1 Å². The molecule has 1 amide bonds. The number of carbonyl (C=O) groups excluding carboxylic acids is 2. The SMILES string of the molecule is Cn1cc(CCNC(=O)C=O)c2ccccc21. The summed E-state index contributed by atoms with van der Waals surface area (Å²) in [6, 6.07) is 8.12. The van der Waals surface area contributed by atoms with Gasteiger partial charge in [0, 0.05) is 30.7 Å². The molecule has 88 valence electrons. The zero-order valence-corrected chi connectivity index (χ0v) is 9.64. The van der Waals surface area contributed by atoms with Crippen molar-refractivity contribution in [3.63, 3.8) is 0 Å². The van der Waals surface area contributed by atoms with Crippen molar-refractivity contribution in [2.45, 2.75) is 6.42 Å². The number of amides is 1. The highest BCUT2D eigenvalue weighted by Gasteiger charge is 2.05. The Bertz CT molecular complexity index is 558. The number of rotatable bonds is 4. The smallest absolute Gasteiger partial charge is 0.284 e. The molecule has 0 atom stereocenters. The lowest BCUT2D eigenvalue weighted by Crippen LogP contribution is -2.26.